The highest BCUT2D eigenvalue weighted by Crippen LogP contribution is 2.20. The molecule has 0 heterocycles. The van der Waals surface area contributed by atoms with Crippen LogP contribution in [0, 0.1) is 0 Å². The Morgan fingerprint density at radius 3 is 2.00 bits per heavy atom. The van der Waals surface area contributed by atoms with Crippen molar-refractivity contribution in [1.82, 2.24) is 0 Å². The van der Waals surface area contributed by atoms with E-state index in [9.17, 15) is 4.79 Å². The summed E-state index contributed by atoms with van der Waals surface area (Å²) in [5.74, 6) is -2.00. The van der Waals surface area contributed by atoms with E-state index in [0.717, 1.165) is 6.08 Å². The maximum absolute atomic E-state index is 11.2. The van der Waals surface area contributed by atoms with Crippen molar-refractivity contribution in [2.45, 2.75) is 19.3 Å². The lowest BCUT2D eigenvalue weighted by molar-refractivity contribution is -0.355. The number of carbonyl (C=O) groups excluding carboxylic acids is 1. The first kappa shape index (κ1) is 14.6. The Bertz CT molecular complexity index is 246. The molecule has 0 saturated carbocycles. The summed E-state index contributed by atoms with van der Waals surface area (Å²) in [6.07, 6.45) is 4.50. The predicted molar refractivity (Wildman–Crippen MR) is 61.6 cm³/mol. The van der Waals surface area contributed by atoms with Crippen LogP contribution in [-0.4, -0.2) is 25.2 Å². The molecule has 4 heteroatoms. The van der Waals surface area contributed by atoms with E-state index < -0.39 is 11.9 Å². The summed E-state index contributed by atoms with van der Waals surface area (Å²) in [4.78, 5) is 11.2. The third kappa shape index (κ3) is 4.91. The van der Waals surface area contributed by atoms with Crippen LogP contribution in [0.4, 0.5) is 0 Å². The minimum absolute atomic E-state index is 0.218. The highest BCUT2D eigenvalue weighted by molar-refractivity contribution is 5.81. The molecule has 0 atom stereocenters. The number of hydrogen-bond acceptors (Lipinski definition) is 4. The van der Waals surface area contributed by atoms with Gasteiger partial charge < -0.3 is 14.2 Å². The average molecular weight is 226 g/mol. The topological polar surface area (TPSA) is 44.8 Å². The lowest BCUT2D eigenvalue weighted by Gasteiger charge is -2.30. The first-order valence-corrected chi connectivity index (χ1v) is 4.99. The fourth-order valence-corrected chi connectivity index (χ4v) is 0.944. The Kier molecular flexibility index (Phi) is 7.16. The maximum Gasteiger partial charge on any atom is 0.334 e. The average Bonchev–Trinajstić information content (AvgIpc) is 2.32. The van der Waals surface area contributed by atoms with Gasteiger partial charge >= 0.3 is 11.9 Å². The molecule has 0 radical (unpaired) electrons. The van der Waals surface area contributed by atoms with Crippen molar-refractivity contribution >= 4 is 5.97 Å². The largest absolute Gasteiger partial charge is 0.405 e. The molecular weight excluding hydrogens is 208 g/mol. The van der Waals surface area contributed by atoms with Crippen molar-refractivity contribution in [2.75, 3.05) is 13.2 Å². The fourth-order valence-electron chi connectivity index (χ4n) is 0.944. The van der Waals surface area contributed by atoms with E-state index in [4.69, 9.17) is 14.2 Å². The van der Waals surface area contributed by atoms with Crippen molar-refractivity contribution in [3.05, 3.63) is 38.0 Å². The fraction of sp³-hybridized carbons (Fsp3) is 0.417. The summed E-state index contributed by atoms with van der Waals surface area (Å²) in [7, 11) is 0. The molecule has 0 rings (SSSR count). The van der Waals surface area contributed by atoms with Gasteiger partial charge in [-0.1, -0.05) is 25.7 Å². The second-order valence-electron chi connectivity index (χ2n) is 2.86. The summed E-state index contributed by atoms with van der Waals surface area (Å²) in [6.45, 7) is 12.6. The third-order valence-electron chi connectivity index (χ3n) is 1.70. The van der Waals surface area contributed by atoms with Crippen molar-refractivity contribution in [3.63, 3.8) is 0 Å². The van der Waals surface area contributed by atoms with E-state index in [1.165, 1.54) is 0 Å². The van der Waals surface area contributed by atoms with Crippen LogP contribution >= 0.6 is 0 Å². The number of esters is 1. The molecule has 16 heavy (non-hydrogen) atoms. The molecule has 4 nitrogen and oxygen atoms in total. The van der Waals surface area contributed by atoms with Crippen LogP contribution < -0.4 is 0 Å². The Labute approximate surface area is 96.2 Å². The molecule has 0 spiro atoms. The zero-order chi connectivity index (χ0) is 12.4. The summed E-state index contributed by atoms with van der Waals surface area (Å²) in [5.41, 5.74) is 0. The van der Waals surface area contributed by atoms with Gasteiger partial charge in [-0.15, -0.1) is 13.2 Å². The molecule has 0 amide bonds. The molecule has 0 aromatic rings. The molecule has 0 fully saturated rings. The van der Waals surface area contributed by atoms with Crippen LogP contribution in [0.2, 0.25) is 0 Å². The predicted octanol–water partition coefficient (Wildman–Crippen LogP) is 2.18. The van der Waals surface area contributed by atoms with Crippen molar-refractivity contribution < 1.29 is 19.0 Å². The van der Waals surface area contributed by atoms with Gasteiger partial charge in [0, 0.05) is 12.5 Å². The molecule has 0 aromatic heterocycles. The van der Waals surface area contributed by atoms with Crippen LogP contribution in [0.1, 0.15) is 13.3 Å². The van der Waals surface area contributed by atoms with Crippen molar-refractivity contribution in [2.24, 2.45) is 0 Å². The molecule has 0 N–H and O–H groups in total. The molecule has 0 aliphatic heterocycles. The molecule has 0 aliphatic rings. The molecular formula is C12H18O4. The molecule has 0 aliphatic carbocycles. The van der Waals surface area contributed by atoms with Gasteiger partial charge in [0.05, 0.1) is 13.2 Å². The van der Waals surface area contributed by atoms with Gasteiger partial charge in [-0.3, -0.25) is 0 Å². The zero-order valence-electron chi connectivity index (χ0n) is 9.61. The van der Waals surface area contributed by atoms with E-state index in [-0.39, 0.29) is 13.2 Å². The maximum atomic E-state index is 11.2. The minimum Gasteiger partial charge on any atom is -0.405 e. The quantitative estimate of drug-likeness (QED) is 0.261. The Morgan fingerprint density at radius 1 is 1.19 bits per heavy atom. The Balaban J connectivity index is 4.62. The summed E-state index contributed by atoms with van der Waals surface area (Å²) in [6, 6.07) is 0. The van der Waals surface area contributed by atoms with Gasteiger partial charge in [0.15, 0.2) is 0 Å². The van der Waals surface area contributed by atoms with Gasteiger partial charge in [0.25, 0.3) is 0 Å². The number of hydrogen-bond donors (Lipinski definition) is 0. The summed E-state index contributed by atoms with van der Waals surface area (Å²) < 4.78 is 15.7. The van der Waals surface area contributed by atoms with Gasteiger partial charge in [0.2, 0.25) is 0 Å². The first-order valence-electron chi connectivity index (χ1n) is 4.99. The van der Waals surface area contributed by atoms with E-state index >= 15 is 0 Å². The van der Waals surface area contributed by atoms with Crippen LogP contribution in [0.5, 0.6) is 0 Å². The third-order valence-corrected chi connectivity index (χ3v) is 1.70. The normalized spacial score (nSPS) is 10.6. The van der Waals surface area contributed by atoms with E-state index in [0.29, 0.717) is 6.42 Å². The second kappa shape index (κ2) is 7.84. The summed E-state index contributed by atoms with van der Waals surface area (Å²) in [5, 5.41) is 0. The van der Waals surface area contributed by atoms with Crippen LogP contribution in [0.3, 0.4) is 0 Å². The van der Waals surface area contributed by atoms with Crippen molar-refractivity contribution in [1.29, 1.82) is 0 Å². The van der Waals surface area contributed by atoms with Crippen molar-refractivity contribution in [3.8, 4) is 0 Å². The summed E-state index contributed by atoms with van der Waals surface area (Å²) >= 11 is 0. The van der Waals surface area contributed by atoms with Crippen LogP contribution in [-0.2, 0) is 19.0 Å². The van der Waals surface area contributed by atoms with Gasteiger partial charge in [0.1, 0.15) is 0 Å². The Hall–Kier alpha value is -1.39. The highest BCUT2D eigenvalue weighted by Gasteiger charge is 2.33. The molecule has 90 valence electrons. The van der Waals surface area contributed by atoms with Gasteiger partial charge in [-0.2, -0.15) is 0 Å². The number of rotatable bonds is 9. The first-order chi connectivity index (χ1) is 7.64. The lowest BCUT2D eigenvalue weighted by Crippen LogP contribution is -2.40. The number of ether oxygens (including phenoxy) is 3. The van der Waals surface area contributed by atoms with E-state index in [2.05, 4.69) is 19.7 Å². The zero-order valence-corrected chi connectivity index (χ0v) is 9.61. The van der Waals surface area contributed by atoms with Crippen LogP contribution in [0.15, 0.2) is 38.0 Å². The van der Waals surface area contributed by atoms with Gasteiger partial charge in [-0.25, -0.2) is 4.79 Å². The minimum atomic E-state index is -1.40. The SMILES string of the molecule is C=CCOC(CC)(OCC=C)OC(=O)C=C. The Morgan fingerprint density at radius 2 is 1.69 bits per heavy atom. The second-order valence-corrected chi connectivity index (χ2v) is 2.86. The lowest BCUT2D eigenvalue weighted by atomic mass is 10.4. The smallest absolute Gasteiger partial charge is 0.334 e. The number of carbonyl (C=O) groups is 1. The standard InChI is InChI=1S/C12H18O4/c1-5-9-14-12(8-4,15-10-6-2)16-11(13)7-3/h5-7H,1-3,8-10H2,4H3. The molecule has 0 bridgehead atoms. The van der Waals surface area contributed by atoms with Gasteiger partial charge in [-0.05, 0) is 0 Å². The molecule has 0 saturated heterocycles. The van der Waals surface area contributed by atoms with Crippen LogP contribution in [0.25, 0.3) is 0 Å². The monoisotopic (exact) mass is 226 g/mol. The van der Waals surface area contributed by atoms with E-state index in [1.54, 1.807) is 19.1 Å². The molecule has 0 aromatic carbocycles. The molecule has 0 unspecified atom stereocenters. The van der Waals surface area contributed by atoms with E-state index in [1.807, 2.05) is 0 Å². The highest BCUT2D eigenvalue weighted by atomic mass is 16.9.